The van der Waals surface area contributed by atoms with Crippen molar-refractivity contribution in [1.82, 2.24) is 0 Å². The van der Waals surface area contributed by atoms with Crippen molar-refractivity contribution in [3.05, 3.63) is 0 Å². The summed E-state index contributed by atoms with van der Waals surface area (Å²) in [7, 11) is 0. The molecule has 3 heteroatoms. The quantitative estimate of drug-likeness (QED) is 0.243. The first-order valence-electron chi connectivity index (χ1n) is 2.98. The van der Waals surface area contributed by atoms with Crippen LogP contribution in [0.1, 0.15) is 20.8 Å². The Morgan fingerprint density at radius 3 is 2.22 bits per heavy atom. The van der Waals surface area contributed by atoms with Gasteiger partial charge in [0.25, 0.3) is 0 Å². The Labute approximate surface area is 55.7 Å². The van der Waals surface area contributed by atoms with Crippen molar-refractivity contribution < 1.29 is 0 Å². The molecule has 0 heterocycles. The van der Waals surface area contributed by atoms with Crippen molar-refractivity contribution in [2.45, 2.75) is 20.8 Å². The highest BCUT2D eigenvalue weighted by Crippen LogP contribution is 1.95. The molecule has 0 atom stereocenters. The molecule has 0 saturated heterocycles. The lowest BCUT2D eigenvalue weighted by atomic mass is 10.2. The summed E-state index contributed by atoms with van der Waals surface area (Å²) < 4.78 is 0. The van der Waals surface area contributed by atoms with Crippen LogP contribution in [-0.2, 0) is 0 Å². The summed E-state index contributed by atoms with van der Waals surface area (Å²) in [6, 6.07) is 0. The molecule has 0 unspecified atom stereocenters. The third kappa shape index (κ3) is 2.85. The van der Waals surface area contributed by atoms with Crippen molar-refractivity contribution in [1.29, 1.82) is 0 Å². The number of hydrogen-bond donors (Lipinski definition) is 1. The van der Waals surface area contributed by atoms with Crippen LogP contribution in [0.4, 0.5) is 0 Å². The van der Waals surface area contributed by atoms with Gasteiger partial charge in [0, 0.05) is 12.1 Å². The molecule has 0 radical (unpaired) electrons. The average molecular weight is 127 g/mol. The third-order valence-corrected chi connectivity index (χ3v) is 0.910. The van der Waals surface area contributed by atoms with Gasteiger partial charge in [-0.25, -0.2) is 4.99 Å². The lowest BCUT2D eigenvalue weighted by molar-refractivity contribution is 0.864. The van der Waals surface area contributed by atoms with Gasteiger partial charge in [-0.2, -0.15) is 5.10 Å². The summed E-state index contributed by atoms with van der Waals surface area (Å²) >= 11 is 0. The maximum atomic E-state index is 5.03. The Bertz CT molecular complexity index is 124. The number of hydrogen-bond acceptors (Lipinski definition) is 2. The standard InChI is InChI=1S/C6H13N3/c1-4-8-6(9-7)5(2)3/h4-5H,7H2,1-3H3/b8-4?,9-6-. The zero-order valence-electron chi connectivity index (χ0n) is 6.13. The van der Waals surface area contributed by atoms with Gasteiger partial charge in [0.05, 0.1) is 0 Å². The summed E-state index contributed by atoms with van der Waals surface area (Å²) in [5.41, 5.74) is 0. The highest BCUT2D eigenvalue weighted by Gasteiger charge is 1.99. The molecule has 0 amide bonds. The predicted octanol–water partition coefficient (Wildman–Crippen LogP) is 1.01. The van der Waals surface area contributed by atoms with Crippen LogP contribution in [0.2, 0.25) is 0 Å². The Morgan fingerprint density at radius 1 is 1.56 bits per heavy atom. The maximum Gasteiger partial charge on any atom is 0.149 e. The number of aliphatic imine (C=N–C) groups is 1. The van der Waals surface area contributed by atoms with Crippen molar-refractivity contribution in [2.75, 3.05) is 0 Å². The van der Waals surface area contributed by atoms with Crippen LogP contribution in [0.3, 0.4) is 0 Å². The summed E-state index contributed by atoms with van der Waals surface area (Å²) in [5, 5.41) is 3.50. The molecule has 0 aromatic carbocycles. The van der Waals surface area contributed by atoms with Gasteiger partial charge in [-0.3, -0.25) is 0 Å². The molecule has 0 spiro atoms. The lowest BCUT2D eigenvalue weighted by Gasteiger charge is -1.99. The normalized spacial score (nSPS) is 13.6. The Kier molecular flexibility index (Phi) is 3.67. The highest BCUT2D eigenvalue weighted by atomic mass is 15.2. The van der Waals surface area contributed by atoms with Gasteiger partial charge in [-0.1, -0.05) is 13.8 Å². The highest BCUT2D eigenvalue weighted by molar-refractivity contribution is 5.90. The van der Waals surface area contributed by atoms with Crippen LogP contribution in [-0.4, -0.2) is 12.1 Å². The second-order valence-electron chi connectivity index (χ2n) is 2.03. The molecule has 0 aliphatic heterocycles. The minimum absolute atomic E-state index is 0.311. The van der Waals surface area contributed by atoms with E-state index in [9.17, 15) is 0 Å². The van der Waals surface area contributed by atoms with Crippen molar-refractivity contribution >= 4 is 12.1 Å². The van der Waals surface area contributed by atoms with E-state index in [1.54, 1.807) is 6.21 Å². The predicted molar refractivity (Wildman–Crippen MR) is 40.6 cm³/mol. The maximum absolute atomic E-state index is 5.03. The summed E-state index contributed by atoms with van der Waals surface area (Å²) in [4.78, 5) is 3.94. The van der Waals surface area contributed by atoms with E-state index in [-0.39, 0.29) is 0 Å². The molecular formula is C6H13N3. The first-order chi connectivity index (χ1) is 4.22. The molecule has 0 rings (SSSR count). The molecule has 0 aromatic rings. The molecule has 52 valence electrons. The monoisotopic (exact) mass is 127 g/mol. The minimum Gasteiger partial charge on any atom is -0.322 e. The van der Waals surface area contributed by atoms with Gasteiger partial charge < -0.3 is 5.84 Å². The van der Waals surface area contributed by atoms with Gasteiger partial charge in [0.2, 0.25) is 0 Å². The summed E-state index contributed by atoms with van der Waals surface area (Å²) in [6.45, 7) is 5.84. The van der Waals surface area contributed by atoms with E-state index >= 15 is 0 Å². The van der Waals surface area contributed by atoms with Gasteiger partial charge in [0.1, 0.15) is 5.84 Å². The van der Waals surface area contributed by atoms with Gasteiger partial charge >= 0.3 is 0 Å². The molecule has 0 aromatic heterocycles. The largest absolute Gasteiger partial charge is 0.322 e. The first kappa shape index (κ1) is 8.14. The zero-order chi connectivity index (χ0) is 7.28. The molecule has 2 N–H and O–H groups in total. The van der Waals surface area contributed by atoms with E-state index in [0.29, 0.717) is 11.8 Å². The number of hydrazone groups is 1. The van der Waals surface area contributed by atoms with Crippen molar-refractivity contribution in [2.24, 2.45) is 21.9 Å². The molecule has 0 saturated carbocycles. The van der Waals surface area contributed by atoms with E-state index in [0.717, 1.165) is 0 Å². The van der Waals surface area contributed by atoms with Crippen LogP contribution in [0.5, 0.6) is 0 Å². The number of amidine groups is 1. The fraction of sp³-hybridized carbons (Fsp3) is 0.667. The average Bonchev–Trinajstić information content (AvgIpc) is 1.82. The van der Waals surface area contributed by atoms with Crippen LogP contribution >= 0.6 is 0 Å². The smallest absolute Gasteiger partial charge is 0.149 e. The molecule has 0 aliphatic carbocycles. The Morgan fingerprint density at radius 2 is 2.11 bits per heavy atom. The van der Waals surface area contributed by atoms with E-state index in [2.05, 4.69) is 10.1 Å². The van der Waals surface area contributed by atoms with Crippen LogP contribution < -0.4 is 5.84 Å². The Balaban J connectivity index is 4.01. The second kappa shape index (κ2) is 4.06. The first-order valence-corrected chi connectivity index (χ1v) is 2.98. The third-order valence-electron chi connectivity index (χ3n) is 0.910. The van der Waals surface area contributed by atoms with Crippen molar-refractivity contribution in [3.63, 3.8) is 0 Å². The fourth-order valence-electron chi connectivity index (χ4n) is 0.464. The number of nitrogens with two attached hydrogens (primary N) is 1. The second-order valence-corrected chi connectivity index (χ2v) is 2.03. The number of nitrogens with zero attached hydrogens (tertiary/aromatic N) is 2. The van der Waals surface area contributed by atoms with Crippen molar-refractivity contribution in [3.8, 4) is 0 Å². The number of rotatable bonds is 1. The lowest BCUT2D eigenvalue weighted by Crippen LogP contribution is -2.06. The summed E-state index contributed by atoms with van der Waals surface area (Å²) in [6.07, 6.45) is 1.69. The van der Waals surface area contributed by atoms with E-state index in [1.165, 1.54) is 0 Å². The van der Waals surface area contributed by atoms with Gasteiger partial charge in [0.15, 0.2) is 0 Å². The van der Waals surface area contributed by atoms with Crippen LogP contribution in [0.15, 0.2) is 10.1 Å². The molecule has 0 fully saturated rings. The van der Waals surface area contributed by atoms with E-state index in [4.69, 9.17) is 5.84 Å². The van der Waals surface area contributed by atoms with Crippen LogP contribution in [0.25, 0.3) is 0 Å². The van der Waals surface area contributed by atoms with Gasteiger partial charge in [-0.15, -0.1) is 0 Å². The van der Waals surface area contributed by atoms with E-state index < -0.39 is 0 Å². The zero-order valence-corrected chi connectivity index (χ0v) is 6.13. The topological polar surface area (TPSA) is 50.7 Å². The fourth-order valence-corrected chi connectivity index (χ4v) is 0.464. The van der Waals surface area contributed by atoms with Crippen LogP contribution in [0, 0.1) is 5.92 Å². The molecule has 0 bridgehead atoms. The molecule has 0 aliphatic rings. The molecule has 3 nitrogen and oxygen atoms in total. The Hall–Kier alpha value is -0.860. The SMILES string of the molecule is CC=N/C(=N\N)C(C)C. The minimum atomic E-state index is 0.311. The molecule has 9 heavy (non-hydrogen) atoms. The van der Waals surface area contributed by atoms with Gasteiger partial charge in [-0.05, 0) is 6.92 Å². The molecular weight excluding hydrogens is 114 g/mol. The van der Waals surface area contributed by atoms with E-state index in [1.807, 2.05) is 20.8 Å². The summed E-state index contributed by atoms with van der Waals surface area (Å²) in [5.74, 6) is 6.04.